The van der Waals surface area contributed by atoms with Gasteiger partial charge in [-0.05, 0) is 28.3 Å². The minimum Gasteiger partial charge on any atom is -0.502 e. The first-order valence-corrected chi connectivity index (χ1v) is 13.0. The van der Waals surface area contributed by atoms with Crippen molar-refractivity contribution in [2.75, 3.05) is 18.3 Å². The number of carbonyl (C=O) groups is 1. The Morgan fingerprint density at radius 3 is 2.38 bits per heavy atom. The van der Waals surface area contributed by atoms with Crippen molar-refractivity contribution in [2.24, 2.45) is 0 Å². The Bertz CT molecular complexity index is 1490. The summed E-state index contributed by atoms with van der Waals surface area (Å²) in [4.78, 5) is 29.0. The van der Waals surface area contributed by atoms with Crippen LogP contribution in [0.2, 0.25) is 0 Å². The molecule has 0 aliphatic carbocycles. The smallest absolute Gasteiger partial charge is 0.278 e. The van der Waals surface area contributed by atoms with Gasteiger partial charge < -0.3 is 15.1 Å². The van der Waals surface area contributed by atoms with Crippen molar-refractivity contribution < 1.29 is 15.0 Å². The van der Waals surface area contributed by atoms with E-state index < -0.39 is 23.1 Å². The van der Waals surface area contributed by atoms with Crippen molar-refractivity contribution in [3.8, 4) is 5.75 Å². The molecule has 4 aromatic rings. The molecule has 2 aliphatic heterocycles. The number of aromatic nitrogens is 1. The Kier molecular flexibility index (Phi) is 5.98. The number of rotatable bonds is 4. The first-order valence-electron chi connectivity index (χ1n) is 12.1. The lowest BCUT2D eigenvalue weighted by Crippen LogP contribution is -2.56. The largest absolute Gasteiger partial charge is 0.502 e. The zero-order valence-corrected chi connectivity index (χ0v) is 20.7. The molecule has 186 valence electrons. The van der Waals surface area contributed by atoms with Gasteiger partial charge in [0.25, 0.3) is 5.91 Å². The fourth-order valence-electron chi connectivity index (χ4n) is 5.27. The molecule has 0 radical (unpaired) electrons. The average Bonchev–Trinajstić information content (AvgIpc) is 3.10. The number of amides is 1. The topological polar surface area (TPSA) is 86.0 Å². The molecule has 3 aromatic carbocycles. The van der Waals surface area contributed by atoms with Crippen LogP contribution in [0.4, 0.5) is 0 Å². The summed E-state index contributed by atoms with van der Waals surface area (Å²) in [5.74, 6) is -0.318. The Balaban J connectivity index is 1.59. The third-order valence-corrected chi connectivity index (χ3v) is 8.21. The van der Waals surface area contributed by atoms with Crippen LogP contribution >= 0.6 is 11.8 Å². The van der Waals surface area contributed by atoms with Gasteiger partial charge in [-0.25, -0.2) is 0 Å². The molecule has 1 aromatic heterocycles. The van der Waals surface area contributed by atoms with E-state index in [4.69, 9.17) is 0 Å². The standard InChI is InChI=1S/C29H25N3O4S/c33-16-23(19-8-2-1-3-9-19)30-18-32(31-15-14-24(34)28(35)27(31)29(30)36)26-21-11-5-4-10-20(21)17-37-25-13-7-6-12-22(25)26/h1-15,23,26,33,35H,16-18H2/t23-,26?/m0/s1. The lowest BCUT2D eigenvalue weighted by Gasteiger charge is -2.46. The first kappa shape index (κ1) is 23.4. The summed E-state index contributed by atoms with van der Waals surface area (Å²) in [6.45, 7) is -0.179. The van der Waals surface area contributed by atoms with E-state index in [1.807, 2.05) is 59.6 Å². The number of benzene rings is 3. The van der Waals surface area contributed by atoms with Gasteiger partial charge in [0.1, 0.15) is 6.67 Å². The Hall–Kier alpha value is -4.01. The Morgan fingerprint density at radius 2 is 1.59 bits per heavy atom. The molecule has 37 heavy (non-hydrogen) atoms. The third kappa shape index (κ3) is 3.89. The molecule has 2 aliphatic rings. The van der Waals surface area contributed by atoms with Crippen LogP contribution in [-0.2, 0) is 5.75 Å². The molecule has 2 N–H and O–H groups in total. The fourth-order valence-corrected chi connectivity index (χ4v) is 6.37. The third-order valence-electron chi connectivity index (χ3n) is 7.07. The highest BCUT2D eigenvalue weighted by atomic mass is 32.2. The maximum absolute atomic E-state index is 13.8. The molecular weight excluding hydrogens is 486 g/mol. The fraction of sp³-hybridized carbons (Fsp3) is 0.172. The maximum Gasteiger partial charge on any atom is 0.278 e. The molecule has 0 saturated carbocycles. The summed E-state index contributed by atoms with van der Waals surface area (Å²) >= 11 is 1.76. The van der Waals surface area contributed by atoms with Crippen molar-refractivity contribution in [1.82, 2.24) is 9.58 Å². The van der Waals surface area contributed by atoms with E-state index in [0.29, 0.717) is 0 Å². The molecule has 0 spiro atoms. The predicted octanol–water partition coefficient (Wildman–Crippen LogP) is 4.03. The average molecular weight is 512 g/mol. The van der Waals surface area contributed by atoms with Crippen LogP contribution < -0.4 is 10.4 Å². The summed E-state index contributed by atoms with van der Waals surface area (Å²) in [7, 11) is 0. The van der Waals surface area contributed by atoms with E-state index >= 15 is 0 Å². The molecule has 2 atom stereocenters. The number of hydrogen-bond acceptors (Lipinski definition) is 6. The van der Waals surface area contributed by atoms with Gasteiger partial charge >= 0.3 is 0 Å². The van der Waals surface area contributed by atoms with Crippen molar-refractivity contribution in [3.05, 3.63) is 129 Å². The van der Waals surface area contributed by atoms with Gasteiger partial charge in [0.2, 0.25) is 5.43 Å². The first-order chi connectivity index (χ1) is 18.1. The Labute approximate surface area is 218 Å². The van der Waals surface area contributed by atoms with E-state index in [1.165, 1.54) is 16.5 Å². The van der Waals surface area contributed by atoms with Gasteiger partial charge in [0.05, 0.1) is 18.7 Å². The second-order valence-electron chi connectivity index (χ2n) is 9.11. The highest BCUT2D eigenvalue weighted by Gasteiger charge is 2.41. The lowest BCUT2D eigenvalue weighted by molar-refractivity contribution is 0.0494. The number of nitrogens with zero attached hydrogens (tertiary/aromatic N) is 3. The van der Waals surface area contributed by atoms with Crippen LogP contribution in [0, 0.1) is 0 Å². The molecular formula is C29H25N3O4S. The second kappa shape index (κ2) is 9.46. The molecule has 3 heterocycles. The number of hydrogen-bond donors (Lipinski definition) is 2. The van der Waals surface area contributed by atoms with Crippen molar-refractivity contribution >= 4 is 17.7 Å². The highest BCUT2D eigenvalue weighted by molar-refractivity contribution is 7.98. The summed E-state index contributed by atoms with van der Waals surface area (Å²) < 4.78 is 1.60. The predicted molar refractivity (Wildman–Crippen MR) is 142 cm³/mol. The van der Waals surface area contributed by atoms with Crippen LogP contribution in [0.5, 0.6) is 5.75 Å². The highest BCUT2D eigenvalue weighted by Crippen LogP contribution is 2.43. The van der Waals surface area contributed by atoms with Gasteiger partial charge in [-0.3, -0.25) is 19.3 Å². The van der Waals surface area contributed by atoms with Gasteiger partial charge in [0.15, 0.2) is 11.4 Å². The van der Waals surface area contributed by atoms with Gasteiger partial charge in [-0.1, -0.05) is 72.8 Å². The Morgan fingerprint density at radius 1 is 0.892 bits per heavy atom. The van der Waals surface area contributed by atoms with E-state index in [1.54, 1.807) is 22.6 Å². The number of carbonyl (C=O) groups excluding carboxylic acids is 1. The number of aliphatic hydroxyl groups excluding tert-OH is 1. The summed E-state index contributed by atoms with van der Waals surface area (Å²) in [6, 6.07) is 26.0. The molecule has 0 bridgehead atoms. The van der Waals surface area contributed by atoms with Crippen LogP contribution in [0.3, 0.4) is 0 Å². The summed E-state index contributed by atoms with van der Waals surface area (Å²) in [5.41, 5.74) is 3.35. The van der Waals surface area contributed by atoms with E-state index in [9.17, 15) is 19.8 Å². The molecule has 0 saturated heterocycles. The second-order valence-corrected chi connectivity index (χ2v) is 10.1. The van der Waals surface area contributed by atoms with Crippen LogP contribution in [-0.4, -0.2) is 39.0 Å². The summed E-state index contributed by atoms with van der Waals surface area (Å²) in [5, 5.41) is 23.3. The monoisotopic (exact) mass is 511 g/mol. The minimum absolute atomic E-state index is 0.111. The molecule has 1 unspecified atom stereocenters. The van der Waals surface area contributed by atoms with Crippen molar-refractivity contribution in [2.45, 2.75) is 22.7 Å². The van der Waals surface area contributed by atoms with Crippen molar-refractivity contribution in [1.29, 1.82) is 0 Å². The number of aliphatic hydroxyl groups is 1. The maximum atomic E-state index is 13.8. The van der Waals surface area contributed by atoms with E-state index in [2.05, 4.69) is 24.3 Å². The van der Waals surface area contributed by atoms with E-state index in [-0.39, 0.29) is 25.0 Å². The zero-order chi connectivity index (χ0) is 25.5. The van der Waals surface area contributed by atoms with Crippen LogP contribution in [0.1, 0.15) is 44.8 Å². The minimum atomic E-state index is -0.662. The zero-order valence-electron chi connectivity index (χ0n) is 19.9. The number of aromatic hydroxyl groups is 1. The summed E-state index contributed by atoms with van der Waals surface area (Å²) in [6.07, 6.45) is 1.55. The van der Waals surface area contributed by atoms with Gasteiger partial charge in [0, 0.05) is 22.9 Å². The molecule has 0 fully saturated rings. The number of fused-ring (bicyclic) bond motifs is 3. The SMILES string of the molecule is O=C1c2c(O)c(=O)ccn2N(C2c3ccccc3CSc3ccccc32)CN1[C@@H](CO)c1ccccc1. The number of thioether (sulfide) groups is 1. The molecule has 1 amide bonds. The van der Waals surface area contributed by atoms with Gasteiger partial charge in [-0.2, -0.15) is 0 Å². The van der Waals surface area contributed by atoms with E-state index in [0.717, 1.165) is 27.3 Å². The van der Waals surface area contributed by atoms with Crippen LogP contribution in [0.25, 0.3) is 0 Å². The van der Waals surface area contributed by atoms with Gasteiger partial charge in [-0.15, -0.1) is 11.8 Å². The lowest BCUT2D eigenvalue weighted by atomic mass is 9.94. The molecule has 6 rings (SSSR count). The normalized spacial score (nSPS) is 17.4. The molecule has 8 heteroatoms. The van der Waals surface area contributed by atoms with Crippen LogP contribution in [0.15, 0.2) is 101 Å². The van der Waals surface area contributed by atoms with Crippen molar-refractivity contribution in [3.63, 3.8) is 0 Å². The number of pyridine rings is 1. The molecule has 7 nitrogen and oxygen atoms in total. The quantitative estimate of drug-likeness (QED) is 0.430.